The van der Waals surface area contributed by atoms with Crippen molar-refractivity contribution in [2.45, 2.75) is 11.0 Å². The van der Waals surface area contributed by atoms with E-state index in [0.717, 1.165) is 28.4 Å². The predicted molar refractivity (Wildman–Crippen MR) is 108 cm³/mol. The van der Waals surface area contributed by atoms with E-state index in [0.29, 0.717) is 22.6 Å². The molecule has 6 nitrogen and oxygen atoms in total. The van der Waals surface area contributed by atoms with Gasteiger partial charge in [-0.25, -0.2) is 0 Å². The number of thioether (sulfide) groups is 1. The minimum Gasteiger partial charge on any atom is -0.457 e. The van der Waals surface area contributed by atoms with Crippen molar-refractivity contribution in [3.8, 4) is 34.5 Å². The molecule has 0 saturated heterocycles. The zero-order valence-corrected chi connectivity index (χ0v) is 16.1. The number of hydrogen-bond donors (Lipinski definition) is 0. The average Bonchev–Trinajstić information content (AvgIpc) is 3.42. The first-order chi connectivity index (χ1) is 14.3. The van der Waals surface area contributed by atoms with Gasteiger partial charge in [0.05, 0.1) is 0 Å². The third-order valence-electron chi connectivity index (χ3n) is 4.27. The highest BCUT2D eigenvalue weighted by Gasteiger charge is 2.17. The first kappa shape index (κ1) is 17.6. The van der Waals surface area contributed by atoms with Crippen molar-refractivity contribution in [3.63, 3.8) is 0 Å². The Morgan fingerprint density at radius 1 is 0.828 bits per heavy atom. The predicted octanol–water partition coefficient (Wildman–Crippen LogP) is 5.55. The summed E-state index contributed by atoms with van der Waals surface area (Å²) < 4.78 is 22.4. The Kier molecular flexibility index (Phi) is 4.80. The molecule has 1 aliphatic heterocycles. The zero-order chi connectivity index (χ0) is 19.5. The Labute approximate surface area is 171 Å². The number of nitrogens with zero attached hydrogens (tertiary/aromatic N) is 2. The molecule has 4 aromatic rings. The van der Waals surface area contributed by atoms with Crippen molar-refractivity contribution < 1.29 is 18.6 Å². The Morgan fingerprint density at radius 3 is 2.62 bits per heavy atom. The minimum absolute atomic E-state index is 0.233. The fraction of sp³-hybridized carbons (Fsp3) is 0.0909. The maximum absolute atomic E-state index is 5.89. The van der Waals surface area contributed by atoms with E-state index >= 15 is 0 Å². The molecule has 0 unspecified atom stereocenters. The van der Waals surface area contributed by atoms with Crippen LogP contribution in [0.25, 0.3) is 11.5 Å². The number of fused-ring (bicyclic) bond motifs is 1. The first-order valence-corrected chi connectivity index (χ1v) is 10.0. The molecule has 3 aromatic carbocycles. The van der Waals surface area contributed by atoms with Gasteiger partial charge < -0.3 is 18.6 Å². The van der Waals surface area contributed by atoms with Crippen LogP contribution in [-0.2, 0) is 5.75 Å². The lowest BCUT2D eigenvalue weighted by Gasteiger charge is -2.07. The molecular formula is C22H16N2O4S. The summed E-state index contributed by atoms with van der Waals surface area (Å²) in [5.74, 6) is 4.15. The Morgan fingerprint density at radius 2 is 1.69 bits per heavy atom. The Balaban J connectivity index is 1.25. The Bertz CT molecular complexity index is 1130. The molecule has 7 heteroatoms. The molecule has 144 valence electrons. The lowest BCUT2D eigenvalue weighted by atomic mass is 10.2. The molecule has 0 aliphatic carbocycles. The second-order valence-electron chi connectivity index (χ2n) is 6.29. The van der Waals surface area contributed by atoms with E-state index in [-0.39, 0.29) is 6.79 Å². The van der Waals surface area contributed by atoms with Crippen LogP contribution in [0.3, 0.4) is 0 Å². The molecule has 0 fully saturated rings. The lowest BCUT2D eigenvalue weighted by molar-refractivity contribution is 0.174. The monoisotopic (exact) mass is 404 g/mol. The van der Waals surface area contributed by atoms with Gasteiger partial charge in [-0.3, -0.25) is 0 Å². The van der Waals surface area contributed by atoms with Crippen molar-refractivity contribution in [2.24, 2.45) is 0 Å². The minimum atomic E-state index is 0.233. The van der Waals surface area contributed by atoms with Crippen molar-refractivity contribution >= 4 is 11.8 Å². The maximum Gasteiger partial charge on any atom is 0.277 e. The van der Waals surface area contributed by atoms with Gasteiger partial charge in [-0.1, -0.05) is 42.1 Å². The third kappa shape index (κ3) is 4.05. The van der Waals surface area contributed by atoms with Crippen LogP contribution in [0.5, 0.6) is 23.0 Å². The number of benzene rings is 3. The van der Waals surface area contributed by atoms with Gasteiger partial charge >= 0.3 is 0 Å². The summed E-state index contributed by atoms with van der Waals surface area (Å²) in [5.41, 5.74) is 1.90. The normalized spacial score (nSPS) is 12.1. The van der Waals surface area contributed by atoms with E-state index in [1.54, 1.807) is 0 Å². The molecule has 0 saturated carbocycles. The van der Waals surface area contributed by atoms with Crippen LogP contribution in [0, 0.1) is 0 Å². The van der Waals surface area contributed by atoms with E-state index in [2.05, 4.69) is 10.2 Å². The fourth-order valence-corrected chi connectivity index (χ4v) is 3.59. The fourth-order valence-electron chi connectivity index (χ4n) is 2.88. The number of rotatable bonds is 6. The largest absolute Gasteiger partial charge is 0.457 e. The van der Waals surface area contributed by atoms with E-state index < -0.39 is 0 Å². The van der Waals surface area contributed by atoms with Gasteiger partial charge in [0.15, 0.2) is 11.5 Å². The van der Waals surface area contributed by atoms with Gasteiger partial charge in [-0.2, -0.15) is 0 Å². The highest BCUT2D eigenvalue weighted by atomic mass is 32.2. The molecule has 0 radical (unpaired) electrons. The third-order valence-corrected chi connectivity index (χ3v) is 5.16. The van der Waals surface area contributed by atoms with Gasteiger partial charge in [-0.05, 0) is 48.0 Å². The highest BCUT2D eigenvalue weighted by Crippen LogP contribution is 2.36. The standard InChI is InChI=1S/C22H16N2O4S/c1-2-6-17(7-3-1)27-18-8-4-5-15(11-18)13-29-22-24-23-21(28-22)16-9-10-19-20(12-16)26-14-25-19/h1-12H,13-14H2. The van der Waals surface area contributed by atoms with Crippen LogP contribution >= 0.6 is 11.8 Å². The average molecular weight is 404 g/mol. The lowest BCUT2D eigenvalue weighted by Crippen LogP contribution is -1.92. The van der Waals surface area contributed by atoms with Crippen molar-refractivity contribution in [1.29, 1.82) is 0 Å². The SMILES string of the molecule is c1ccc(Oc2cccc(CSc3nnc(-c4ccc5c(c4)OCO5)o3)c2)cc1. The Hall–Kier alpha value is -3.45. The van der Waals surface area contributed by atoms with Gasteiger partial charge in [0, 0.05) is 11.3 Å². The van der Waals surface area contributed by atoms with Gasteiger partial charge in [0.2, 0.25) is 12.7 Å². The quantitative estimate of drug-likeness (QED) is 0.390. The van der Waals surface area contributed by atoms with Gasteiger partial charge in [-0.15, -0.1) is 10.2 Å². The van der Waals surface area contributed by atoms with Crippen LogP contribution in [0.2, 0.25) is 0 Å². The molecule has 5 rings (SSSR count). The molecule has 0 atom stereocenters. The van der Waals surface area contributed by atoms with E-state index in [4.69, 9.17) is 18.6 Å². The number of aromatic nitrogens is 2. The summed E-state index contributed by atoms with van der Waals surface area (Å²) in [5, 5.41) is 8.78. The van der Waals surface area contributed by atoms with Crippen LogP contribution < -0.4 is 14.2 Å². The molecule has 0 bridgehead atoms. The van der Waals surface area contributed by atoms with Crippen LogP contribution in [0.1, 0.15) is 5.56 Å². The van der Waals surface area contributed by atoms with Crippen LogP contribution in [0.4, 0.5) is 0 Å². The molecular weight excluding hydrogens is 388 g/mol. The summed E-state index contributed by atoms with van der Waals surface area (Å²) in [6.45, 7) is 0.233. The van der Waals surface area contributed by atoms with E-state index in [1.165, 1.54) is 11.8 Å². The summed E-state index contributed by atoms with van der Waals surface area (Å²) in [4.78, 5) is 0. The second-order valence-corrected chi connectivity index (χ2v) is 7.22. The van der Waals surface area contributed by atoms with Crippen molar-refractivity contribution in [3.05, 3.63) is 78.4 Å². The highest BCUT2D eigenvalue weighted by molar-refractivity contribution is 7.98. The smallest absolute Gasteiger partial charge is 0.277 e. The summed E-state index contributed by atoms with van der Waals surface area (Å²) in [7, 11) is 0. The molecule has 0 amide bonds. The number of hydrogen-bond acceptors (Lipinski definition) is 7. The summed E-state index contributed by atoms with van der Waals surface area (Å²) in [6.07, 6.45) is 0. The van der Waals surface area contributed by atoms with Crippen LogP contribution in [0.15, 0.2) is 82.4 Å². The van der Waals surface area contributed by atoms with E-state index in [9.17, 15) is 0 Å². The summed E-state index contributed by atoms with van der Waals surface area (Å²) >= 11 is 1.48. The molecule has 1 aliphatic rings. The van der Waals surface area contributed by atoms with E-state index in [1.807, 2.05) is 72.8 Å². The molecule has 29 heavy (non-hydrogen) atoms. The van der Waals surface area contributed by atoms with Gasteiger partial charge in [0.25, 0.3) is 5.22 Å². The number of ether oxygens (including phenoxy) is 3. The molecule has 1 aromatic heterocycles. The summed E-state index contributed by atoms with van der Waals surface area (Å²) in [6, 6.07) is 23.2. The molecule has 0 spiro atoms. The second kappa shape index (κ2) is 7.89. The zero-order valence-electron chi connectivity index (χ0n) is 15.3. The van der Waals surface area contributed by atoms with Crippen molar-refractivity contribution in [2.75, 3.05) is 6.79 Å². The molecule has 2 heterocycles. The van der Waals surface area contributed by atoms with Crippen molar-refractivity contribution in [1.82, 2.24) is 10.2 Å². The topological polar surface area (TPSA) is 66.6 Å². The first-order valence-electron chi connectivity index (χ1n) is 9.02. The molecule has 0 N–H and O–H groups in total. The van der Waals surface area contributed by atoms with Crippen LogP contribution in [-0.4, -0.2) is 17.0 Å². The number of para-hydroxylation sites is 1. The maximum atomic E-state index is 5.89. The van der Waals surface area contributed by atoms with Gasteiger partial charge in [0.1, 0.15) is 11.5 Å².